The normalized spacial score (nSPS) is 12.6. The Morgan fingerprint density at radius 1 is 1.42 bits per heavy atom. The SMILES string of the molecule is CCn1ncc(Cl)c1C(CCc1ccccn1)NC. The smallest absolute Gasteiger partial charge is 0.0834 e. The maximum atomic E-state index is 6.24. The summed E-state index contributed by atoms with van der Waals surface area (Å²) in [5, 5.41) is 8.33. The summed E-state index contributed by atoms with van der Waals surface area (Å²) < 4.78 is 1.95. The quantitative estimate of drug-likeness (QED) is 0.884. The minimum atomic E-state index is 0.192. The van der Waals surface area contributed by atoms with Gasteiger partial charge in [0.2, 0.25) is 0 Å². The van der Waals surface area contributed by atoms with Gasteiger partial charge in [-0.15, -0.1) is 0 Å². The first-order chi connectivity index (χ1) is 9.26. The van der Waals surface area contributed by atoms with Crippen LogP contribution in [0.4, 0.5) is 0 Å². The Morgan fingerprint density at radius 2 is 2.26 bits per heavy atom. The molecule has 0 radical (unpaired) electrons. The predicted octanol–water partition coefficient (Wildman–Crippen LogP) is 2.84. The van der Waals surface area contributed by atoms with Crippen LogP contribution in [0.2, 0.25) is 5.02 Å². The van der Waals surface area contributed by atoms with Gasteiger partial charge in [0.25, 0.3) is 0 Å². The molecule has 0 aliphatic carbocycles. The number of nitrogens with one attached hydrogen (secondary N) is 1. The lowest BCUT2D eigenvalue weighted by Crippen LogP contribution is -2.21. The van der Waals surface area contributed by atoms with Crippen LogP contribution in [0.25, 0.3) is 0 Å². The van der Waals surface area contributed by atoms with E-state index in [1.165, 1.54) is 0 Å². The van der Waals surface area contributed by atoms with Crippen LogP contribution in [0, 0.1) is 0 Å². The number of hydrogen-bond donors (Lipinski definition) is 1. The first-order valence-corrected chi connectivity index (χ1v) is 6.92. The molecule has 2 aromatic heterocycles. The average molecular weight is 279 g/mol. The summed E-state index contributed by atoms with van der Waals surface area (Å²) in [5.41, 5.74) is 2.16. The minimum Gasteiger partial charge on any atom is -0.312 e. The molecule has 1 unspecified atom stereocenters. The van der Waals surface area contributed by atoms with Crippen molar-refractivity contribution in [1.29, 1.82) is 0 Å². The van der Waals surface area contributed by atoms with Gasteiger partial charge in [-0.2, -0.15) is 5.10 Å². The van der Waals surface area contributed by atoms with E-state index in [0.717, 1.165) is 35.8 Å². The van der Waals surface area contributed by atoms with E-state index in [-0.39, 0.29) is 6.04 Å². The Morgan fingerprint density at radius 3 is 2.89 bits per heavy atom. The largest absolute Gasteiger partial charge is 0.312 e. The lowest BCUT2D eigenvalue weighted by Gasteiger charge is -2.18. The molecule has 102 valence electrons. The number of hydrogen-bond acceptors (Lipinski definition) is 3. The van der Waals surface area contributed by atoms with Gasteiger partial charge in [0.15, 0.2) is 0 Å². The lowest BCUT2D eigenvalue weighted by atomic mass is 10.1. The van der Waals surface area contributed by atoms with Crippen LogP contribution in [0.3, 0.4) is 0 Å². The van der Waals surface area contributed by atoms with Crippen LogP contribution in [-0.2, 0) is 13.0 Å². The zero-order valence-corrected chi connectivity index (χ0v) is 12.1. The molecule has 1 atom stereocenters. The molecule has 1 N–H and O–H groups in total. The molecule has 0 saturated carbocycles. The molecule has 2 heterocycles. The number of halogens is 1. The van der Waals surface area contributed by atoms with Crippen molar-refractivity contribution in [2.45, 2.75) is 32.4 Å². The van der Waals surface area contributed by atoms with Crippen LogP contribution >= 0.6 is 11.6 Å². The van der Waals surface area contributed by atoms with Crippen molar-refractivity contribution in [1.82, 2.24) is 20.1 Å². The Balaban J connectivity index is 2.10. The topological polar surface area (TPSA) is 42.7 Å². The summed E-state index contributed by atoms with van der Waals surface area (Å²) >= 11 is 6.24. The highest BCUT2D eigenvalue weighted by molar-refractivity contribution is 6.31. The van der Waals surface area contributed by atoms with Gasteiger partial charge in [-0.05, 0) is 38.9 Å². The van der Waals surface area contributed by atoms with Gasteiger partial charge in [-0.3, -0.25) is 9.67 Å². The Labute approximate surface area is 118 Å². The van der Waals surface area contributed by atoms with Gasteiger partial charge in [0.1, 0.15) is 0 Å². The number of rotatable bonds is 6. The van der Waals surface area contributed by atoms with E-state index in [9.17, 15) is 0 Å². The van der Waals surface area contributed by atoms with E-state index in [2.05, 4.69) is 22.3 Å². The Kier molecular flexibility index (Phi) is 4.93. The third-order valence-corrected chi connectivity index (χ3v) is 3.52. The monoisotopic (exact) mass is 278 g/mol. The van der Waals surface area contributed by atoms with Crippen molar-refractivity contribution in [3.8, 4) is 0 Å². The molecular weight excluding hydrogens is 260 g/mol. The minimum absolute atomic E-state index is 0.192. The molecule has 2 aromatic rings. The van der Waals surface area contributed by atoms with Crippen molar-refractivity contribution in [2.75, 3.05) is 7.05 Å². The summed E-state index contributed by atoms with van der Waals surface area (Å²) in [7, 11) is 1.95. The second kappa shape index (κ2) is 6.68. The zero-order valence-electron chi connectivity index (χ0n) is 11.3. The number of aromatic nitrogens is 3. The fraction of sp³-hybridized carbons (Fsp3) is 0.429. The van der Waals surface area contributed by atoms with Crippen molar-refractivity contribution >= 4 is 11.6 Å². The Hall–Kier alpha value is -1.39. The van der Waals surface area contributed by atoms with Crippen LogP contribution in [-0.4, -0.2) is 21.8 Å². The van der Waals surface area contributed by atoms with Crippen LogP contribution < -0.4 is 5.32 Å². The lowest BCUT2D eigenvalue weighted by molar-refractivity contribution is 0.487. The molecule has 4 nitrogen and oxygen atoms in total. The number of aryl methyl sites for hydroxylation is 2. The zero-order chi connectivity index (χ0) is 13.7. The highest BCUT2D eigenvalue weighted by atomic mass is 35.5. The molecule has 2 rings (SSSR count). The second-order valence-electron chi connectivity index (χ2n) is 4.39. The van der Waals surface area contributed by atoms with Crippen molar-refractivity contribution in [3.63, 3.8) is 0 Å². The number of pyridine rings is 1. The summed E-state index contributed by atoms with van der Waals surface area (Å²) in [5.74, 6) is 0. The highest BCUT2D eigenvalue weighted by Gasteiger charge is 2.18. The summed E-state index contributed by atoms with van der Waals surface area (Å²) in [6.45, 7) is 2.89. The van der Waals surface area contributed by atoms with Crippen LogP contribution in [0.1, 0.15) is 30.8 Å². The molecule has 0 aliphatic rings. The van der Waals surface area contributed by atoms with E-state index >= 15 is 0 Å². The summed E-state index contributed by atoms with van der Waals surface area (Å²) in [4.78, 5) is 4.35. The Bertz CT molecular complexity index is 509. The van der Waals surface area contributed by atoms with E-state index in [1.54, 1.807) is 6.20 Å². The first kappa shape index (κ1) is 14.0. The molecule has 5 heteroatoms. The van der Waals surface area contributed by atoms with Gasteiger partial charge in [-0.25, -0.2) is 0 Å². The summed E-state index contributed by atoms with van der Waals surface area (Å²) in [6, 6.07) is 6.19. The fourth-order valence-corrected chi connectivity index (χ4v) is 2.50. The molecule has 0 bridgehead atoms. The fourth-order valence-electron chi connectivity index (χ4n) is 2.23. The van der Waals surface area contributed by atoms with Gasteiger partial charge in [-0.1, -0.05) is 17.7 Å². The summed E-state index contributed by atoms with van der Waals surface area (Å²) in [6.07, 6.45) is 5.40. The number of nitrogens with zero attached hydrogens (tertiary/aromatic N) is 3. The third kappa shape index (κ3) is 3.33. The van der Waals surface area contributed by atoms with Gasteiger partial charge < -0.3 is 5.32 Å². The van der Waals surface area contributed by atoms with Crippen LogP contribution in [0.5, 0.6) is 0 Å². The maximum Gasteiger partial charge on any atom is 0.0834 e. The van der Waals surface area contributed by atoms with Gasteiger partial charge in [0, 0.05) is 18.4 Å². The van der Waals surface area contributed by atoms with Gasteiger partial charge >= 0.3 is 0 Å². The van der Waals surface area contributed by atoms with Crippen molar-refractivity contribution < 1.29 is 0 Å². The van der Waals surface area contributed by atoms with Crippen LogP contribution in [0.15, 0.2) is 30.6 Å². The molecule has 0 saturated heterocycles. The standard InChI is InChI=1S/C14H19ClN4/c1-3-19-14(12(15)10-18-19)13(16-2)8-7-11-6-4-5-9-17-11/h4-6,9-10,13,16H,3,7-8H2,1-2H3. The average Bonchev–Trinajstić information content (AvgIpc) is 2.82. The van der Waals surface area contributed by atoms with E-state index in [0.29, 0.717) is 0 Å². The molecule has 0 fully saturated rings. The van der Waals surface area contributed by atoms with Crippen molar-refractivity contribution in [3.05, 3.63) is 47.0 Å². The third-order valence-electron chi connectivity index (χ3n) is 3.23. The molecule has 0 aliphatic heterocycles. The molecule has 0 spiro atoms. The van der Waals surface area contributed by atoms with E-state index < -0.39 is 0 Å². The molecular formula is C14H19ClN4. The predicted molar refractivity (Wildman–Crippen MR) is 77.3 cm³/mol. The maximum absolute atomic E-state index is 6.24. The van der Waals surface area contributed by atoms with Crippen molar-refractivity contribution in [2.24, 2.45) is 0 Å². The van der Waals surface area contributed by atoms with E-state index in [1.807, 2.05) is 36.1 Å². The molecule has 19 heavy (non-hydrogen) atoms. The highest BCUT2D eigenvalue weighted by Crippen LogP contribution is 2.25. The second-order valence-corrected chi connectivity index (χ2v) is 4.80. The molecule has 0 amide bonds. The van der Waals surface area contributed by atoms with E-state index in [4.69, 9.17) is 11.6 Å². The molecule has 0 aromatic carbocycles. The van der Waals surface area contributed by atoms with Gasteiger partial charge in [0.05, 0.1) is 23.0 Å². The first-order valence-electron chi connectivity index (χ1n) is 6.54.